The van der Waals surface area contributed by atoms with Crippen molar-refractivity contribution in [3.63, 3.8) is 0 Å². The minimum Gasteiger partial charge on any atom is -0.494 e. The predicted molar refractivity (Wildman–Crippen MR) is 145 cm³/mol. The number of para-hydroxylation sites is 1. The molecule has 1 aromatic heterocycles. The van der Waals surface area contributed by atoms with Crippen LogP contribution in [0.15, 0.2) is 82.0 Å². The van der Waals surface area contributed by atoms with Crippen molar-refractivity contribution in [2.45, 2.75) is 39.2 Å². The Morgan fingerprint density at radius 3 is 2.34 bits per heavy atom. The van der Waals surface area contributed by atoms with Gasteiger partial charge in [-0.3, -0.25) is 14.5 Å². The lowest BCUT2D eigenvalue weighted by Gasteiger charge is -2.25. The van der Waals surface area contributed by atoms with Crippen LogP contribution in [0, 0.1) is 0 Å². The average Bonchev–Trinajstić information content (AvgIpc) is 3.24. The summed E-state index contributed by atoms with van der Waals surface area (Å²) < 4.78 is 17.0. The van der Waals surface area contributed by atoms with Crippen LogP contribution in [0.4, 0.5) is 5.69 Å². The van der Waals surface area contributed by atoms with Crippen molar-refractivity contribution in [2.24, 2.45) is 0 Å². The van der Waals surface area contributed by atoms with Crippen LogP contribution in [-0.4, -0.2) is 25.1 Å². The van der Waals surface area contributed by atoms with Gasteiger partial charge in [0.15, 0.2) is 5.43 Å². The third-order valence-electron chi connectivity index (χ3n) is 6.56. The molecule has 0 radical (unpaired) electrons. The van der Waals surface area contributed by atoms with Gasteiger partial charge in [0.1, 0.15) is 11.3 Å². The molecule has 0 N–H and O–H groups in total. The molecule has 7 nitrogen and oxygen atoms in total. The first-order valence-corrected chi connectivity index (χ1v) is 12.9. The van der Waals surface area contributed by atoms with E-state index in [1.807, 2.05) is 38.1 Å². The first kappa shape index (κ1) is 25.3. The fourth-order valence-corrected chi connectivity index (χ4v) is 4.62. The van der Waals surface area contributed by atoms with E-state index in [0.717, 1.165) is 24.8 Å². The monoisotopic (exact) mass is 511 g/mol. The number of esters is 1. The summed E-state index contributed by atoms with van der Waals surface area (Å²) >= 11 is 0. The van der Waals surface area contributed by atoms with Gasteiger partial charge in [0, 0.05) is 5.69 Å². The van der Waals surface area contributed by atoms with Crippen molar-refractivity contribution in [1.29, 1.82) is 0 Å². The van der Waals surface area contributed by atoms with Crippen molar-refractivity contribution in [3.05, 3.63) is 105 Å². The van der Waals surface area contributed by atoms with Crippen LogP contribution in [-0.2, 0) is 4.74 Å². The number of anilines is 1. The molecule has 5 rings (SSSR count). The maximum absolute atomic E-state index is 13.8. The molecule has 1 aliphatic heterocycles. The molecule has 1 aliphatic rings. The van der Waals surface area contributed by atoms with E-state index in [2.05, 4.69) is 0 Å². The van der Waals surface area contributed by atoms with Gasteiger partial charge in [0.05, 0.1) is 35.8 Å². The molecule has 0 aliphatic carbocycles. The van der Waals surface area contributed by atoms with Gasteiger partial charge in [-0.05, 0) is 66.9 Å². The van der Waals surface area contributed by atoms with Crippen LogP contribution in [0.3, 0.4) is 0 Å². The van der Waals surface area contributed by atoms with Crippen molar-refractivity contribution >= 4 is 28.5 Å². The molecule has 1 amide bonds. The van der Waals surface area contributed by atoms with Gasteiger partial charge in [0.2, 0.25) is 5.76 Å². The number of nitrogens with zero attached hydrogens (tertiary/aromatic N) is 1. The summed E-state index contributed by atoms with van der Waals surface area (Å²) in [5, 5.41) is 0.416. The first-order valence-electron chi connectivity index (χ1n) is 12.9. The molecule has 0 saturated carbocycles. The molecule has 38 heavy (non-hydrogen) atoms. The second-order valence-corrected chi connectivity index (χ2v) is 9.20. The molecule has 7 heteroatoms. The van der Waals surface area contributed by atoms with Gasteiger partial charge in [0.25, 0.3) is 5.91 Å². The molecule has 0 saturated heterocycles. The lowest BCUT2D eigenvalue weighted by atomic mass is 9.98. The standard InChI is InChI=1S/C31H29NO6/c1-3-5-19-37-31(35)21-10-14-22(15-11-21)32-27(20-12-16-23(17-13-20)36-18-4-2)26-28(33)24-8-6-7-9-25(24)38-29(26)30(32)34/h6-17,27H,3-5,18-19H2,1-2H3. The number of fused-ring (bicyclic) bond motifs is 2. The number of carbonyl (C=O) groups excluding carboxylic acids is 2. The Morgan fingerprint density at radius 2 is 1.63 bits per heavy atom. The van der Waals surface area contributed by atoms with Crippen LogP contribution in [0.1, 0.15) is 71.2 Å². The Labute approximate surface area is 220 Å². The van der Waals surface area contributed by atoms with Crippen LogP contribution >= 0.6 is 0 Å². The summed E-state index contributed by atoms with van der Waals surface area (Å²) in [5.41, 5.74) is 2.07. The van der Waals surface area contributed by atoms with Crippen molar-refractivity contribution in [2.75, 3.05) is 18.1 Å². The largest absolute Gasteiger partial charge is 0.494 e. The topological polar surface area (TPSA) is 86.0 Å². The second-order valence-electron chi connectivity index (χ2n) is 9.20. The molecule has 1 unspecified atom stereocenters. The molecule has 1 atom stereocenters. The van der Waals surface area contributed by atoms with E-state index in [1.54, 1.807) is 53.4 Å². The van der Waals surface area contributed by atoms with Crippen LogP contribution in [0.5, 0.6) is 5.75 Å². The minimum absolute atomic E-state index is 0.0214. The Bertz CT molecular complexity index is 1520. The minimum atomic E-state index is -0.707. The molecule has 4 aromatic rings. The molecule has 2 heterocycles. The Morgan fingerprint density at radius 1 is 0.895 bits per heavy atom. The van der Waals surface area contributed by atoms with E-state index in [9.17, 15) is 14.4 Å². The highest BCUT2D eigenvalue weighted by atomic mass is 16.5. The highest BCUT2D eigenvalue weighted by Crippen LogP contribution is 2.41. The number of carbonyl (C=O) groups is 2. The van der Waals surface area contributed by atoms with Gasteiger partial charge in [-0.2, -0.15) is 0 Å². The average molecular weight is 512 g/mol. The van der Waals surface area contributed by atoms with Crippen molar-refractivity contribution in [3.8, 4) is 5.75 Å². The Hall–Kier alpha value is -4.39. The van der Waals surface area contributed by atoms with E-state index < -0.39 is 17.9 Å². The Kier molecular flexibility index (Phi) is 7.26. The number of benzene rings is 3. The van der Waals surface area contributed by atoms with Gasteiger partial charge in [-0.1, -0.05) is 44.5 Å². The third-order valence-corrected chi connectivity index (χ3v) is 6.56. The summed E-state index contributed by atoms with van der Waals surface area (Å²) in [7, 11) is 0. The SMILES string of the molecule is CCCCOC(=O)c1ccc(N2C(=O)c3oc4ccccc4c(=O)c3C2c2ccc(OCCC)cc2)cc1. The predicted octanol–water partition coefficient (Wildman–Crippen LogP) is 6.29. The maximum Gasteiger partial charge on any atom is 0.338 e. The summed E-state index contributed by atoms with van der Waals surface area (Å²) in [6.07, 6.45) is 2.61. The molecular weight excluding hydrogens is 482 g/mol. The molecule has 194 valence electrons. The third kappa shape index (κ3) is 4.67. The van der Waals surface area contributed by atoms with Gasteiger partial charge in [-0.15, -0.1) is 0 Å². The number of ether oxygens (including phenoxy) is 2. The highest BCUT2D eigenvalue weighted by Gasteiger charge is 2.43. The zero-order valence-corrected chi connectivity index (χ0v) is 21.4. The van der Waals surface area contributed by atoms with Crippen molar-refractivity contribution in [1.82, 2.24) is 0 Å². The smallest absolute Gasteiger partial charge is 0.338 e. The highest BCUT2D eigenvalue weighted by molar-refractivity contribution is 6.10. The fraction of sp³-hybridized carbons (Fsp3) is 0.258. The molecule has 0 bridgehead atoms. The number of hydrogen-bond donors (Lipinski definition) is 0. The Balaban J connectivity index is 1.57. The maximum atomic E-state index is 13.8. The summed E-state index contributed by atoms with van der Waals surface area (Å²) in [6, 6.07) is 20.2. The number of unbranched alkanes of at least 4 members (excludes halogenated alkanes) is 1. The van der Waals surface area contributed by atoms with Gasteiger partial charge >= 0.3 is 5.97 Å². The first-order chi connectivity index (χ1) is 18.5. The second kappa shape index (κ2) is 10.9. The van der Waals surface area contributed by atoms with Crippen LogP contribution < -0.4 is 15.1 Å². The van der Waals surface area contributed by atoms with E-state index in [1.165, 1.54) is 0 Å². The lowest BCUT2D eigenvalue weighted by Crippen LogP contribution is -2.29. The number of amides is 1. The zero-order valence-electron chi connectivity index (χ0n) is 21.4. The molecule has 3 aromatic carbocycles. The van der Waals surface area contributed by atoms with Crippen LogP contribution in [0.25, 0.3) is 11.0 Å². The van der Waals surface area contributed by atoms with Gasteiger partial charge in [-0.25, -0.2) is 4.79 Å². The summed E-state index contributed by atoms with van der Waals surface area (Å²) in [4.78, 5) is 41.4. The normalized spacial score (nSPS) is 14.5. The van der Waals surface area contributed by atoms with E-state index in [0.29, 0.717) is 46.7 Å². The van der Waals surface area contributed by atoms with E-state index >= 15 is 0 Å². The fourth-order valence-electron chi connectivity index (χ4n) is 4.62. The quantitative estimate of drug-likeness (QED) is 0.194. The molecule has 0 spiro atoms. The summed E-state index contributed by atoms with van der Waals surface area (Å²) in [6.45, 7) is 5.02. The summed E-state index contributed by atoms with van der Waals surface area (Å²) in [5.74, 6) is -0.1000. The van der Waals surface area contributed by atoms with Gasteiger partial charge < -0.3 is 13.9 Å². The molecule has 0 fully saturated rings. The van der Waals surface area contributed by atoms with Crippen LogP contribution in [0.2, 0.25) is 0 Å². The zero-order chi connectivity index (χ0) is 26.6. The number of rotatable bonds is 9. The van der Waals surface area contributed by atoms with Crippen molar-refractivity contribution < 1.29 is 23.5 Å². The molecular formula is C31H29NO6. The lowest BCUT2D eigenvalue weighted by molar-refractivity contribution is 0.0499. The van der Waals surface area contributed by atoms with E-state index in [4.69, 9.17) is 13.9 Å². The number of hydrogen-bond acceptors (Lipinski definition) is 6. The van der Waals surface area contributed by atoms with E-state index in [-0.39, 0.29) is 11.2 Å².